The van der Waals surface area contributed by atoms with Gasteiger partial charge in [-0.15, -0.1) is 0 Å². The van der Waals surface area contributed by atoms with Crippen LogP contribution in [0.25, 0.3) is 11.1 Å². The Balaban J connectivity index is 2.25. The number of carbonyl (C=O) groups excluding carboxylic acids is 1. The first-order valence-electron chi connectivity index (χ1n) is 5.78. The zero-order chi connectivity index (χ0) is 12.7. The fourth-order valence-electron chi connectivity index (χ4n) is 2.45. The summed E-state index contributed by atoms with van der Waals surface area (Å²) in [4.78, 5) is 11.7. The molecule has 0 N–H and O–H groups in total. The Morgan fingerprint density at radius 1 is 0.833 bits per heavy atom. The van der Waals surface area contributed by atoms with E-state index in [1.165, 1.54) is 0 Å². The third-order valence-electron chi connectivity index (χ3n) is 3.32. The molecule has 3 heteroatoms. The summed E-state index contributed by atoms with van der Waals surface area (Å²) in [7, 11) is 0. The molecule has 0 aromatic heterocycles. The maximum atomic E-state index is 11.7. The Labute approximate surface area is 115 Å². The van der Waals surface area contributed by atoms with Crippen molar-refractivity contribution in [2.45, 2.75) is 12.8 Å². The third-order valence-corrected chi connectivity index (χ3v) is 4.14. The Bertz CT molecular complexity index is 647. The van der Waals surface area contributed by atoms with Gasteiger partial charge < -0.3 is 0 Å². The van der Waals surface area contributed by atoms with E-state index in [-0.39, 0.29) is 5.78 Å². The van der Waals surface area contributed by atoms with Crippen LogP contribution >= 0.6 is 23.2 Å². The lowest BCUT2D eigenvalue weighted by Crippen LogP contribution is -1.92. The van der Waals surface area contributed by atoms with Crippen LogP contribution in [0.3, 0.4) is 0 Å². The summed E-state index contributed by atoms with van der Waals surface area (Å²) in [6, 6.07) is 11.4. The molecule has 0 unspecified atom stereocenters. The minimum absolute atomic E-state index is 0.213. The molecule has 0 bridgehead atoms. The predicted molar refractivity (Wildman–Crippen MR) is 74.5 cm³/mol. The van der Waals surface area contributed by atoms with Crippen LogP contribution in [0.4, 0.5) is 0 Å². The zero-order valence-electron chi connectivity index (χ0n) is 9.54. The normalized spacial score (nSPS) is 13.8. The molecule has 0 amide bonds. The van der Waals surface area contributed by atoms with E-state index in [1.807, 2.05) is 30.3 Å². The summed E-state index contributed by atoms with van der Waals surface area (Å²) in [5.41, 5.74) is 3.83. The lowest BCUT2D eigenvalue weighted by molar-refractivity contribution is 0.0994. The van der Waals surface area contributed by atoms with Crippen molar-refractivity contribution >= 4 is 29.0 Å². The highest BCUT2D eigenvalue weighted by atomic mass is 35.5. The first-order chi connectivity index (χ1) is 8.68. The standard InChI is InChI=1S/C15H10Cl2O/c16-13-6-2-5-12(15(13)17)9-3-1-4-11-10(9)7-8-14(11)18/h1-6H,7-8H2. The average Bonchev–Trinajstić information content (AvgIpc) is 2.75. The highest BCUT2D eigenvalue weighted by molar-refractivity contribution is 6.43. The van der Waals surface area contributed by atoms with Crippen molar-refractivity contribution in [2.75, 3.05) is 0 Å². The minimum atomic E-state index is 0.213. The molecular formula is C15H10Cl2O. The van der Waals surface area contributed by atoms with Crippen LogP contribution in [0.5, 0.6) is 0 Å². The first kappa shape index (κ1) is 11.8. The van der Waals surface area contributed by atoms with E-state index in [0.717, 1.165) is 28.7 Å². The maximum Gasteiger partial charge on any atom is 0.163 e. The average molecular weight is 277 g/mol. The van der Waals surface area contributed by atoms with Gasteiger partial charge in [0.2, 0.25) is 0 Å². The molecule has 0 saturated heterocycles. The number of ketones is 1. The van der Waals surface area contributed by atoms with Gasteiger partial charge in [-0.05, 0) is 23.6 Å². The number of rotatable bonds is 1. The van der Waals surface area contributed by atoms with Crippen LogP contribution in [-0.4, -0.2) is 5.78 Å². The molecule has 1 aliphatic carbocycles. The van der Waals surface area contributed by atoms with E-state index in [4.69, 9.17) is 23.2 Å². The van der Waals surface area contributed by atoms with Crippen molar-refractivity contribution in [2.24, 2.45) is 0 Å². The molecule has 2 aromatic rings. The van der Waals surface area contributed by atoms with E-state index in [0.29, 0.717) is 16.5 Å². The Morgan fingerprint density at radius 2 is 1.50 bits per heavy atom. The second-order valence-corrected chi connectivity index (χ2v) is 5.14. The van der Waals surface area contributed by atoms with Gasteiger partial charge in [0.15, 0.2) is 5.78 Å². The lowest BCUT2D eigenvalue weighted by atomic mass is 9.97. The highest BCUT2D eigenvalue weighted by Crippen LogP contribution is 2.38. The van der Waals surface area contributed by atoms with Gasteiger partial charge in [0.1, 0.15) is 0 Å². The largest absolute Gasteiger partial charge is 0.294 e. The predicted octanol–water partition coefficient (Wildman–Crippen LogP) is 4.79. The molecule has 3 rings (SSSR count). The second-order valence-electron chi connectivity index (χ2n) is 4.36. The van der Waals surface area contributed by atoms with Crippen molar-refractivity contribution in [3.63, 3.8) is 0 Å². The summed E-state index contributed by atoms with van der Waals surface area (Å²) in [5.74, 6) is 0.213. The highest BCUT2D eigenvalue weighted by Gasteiger charge is 2.23. The van der Waals surface area contributed by atoms with Crippen LogP contribution in [-0.2, 0) is 6.42 Å². The van der Waals surface area contributed by atoms with Gasteiger partial charge in [0.25, 0.3) is 0 Å². The fourth-order valence-corrected chi connectivity index (χ4v) is 2.86. The molecule has 1 nitrogen and oxygen atoms in total. The molecule has 0 aliphatic heterocycles. The molecule has 0 heterocycles. The topological polar surface area (TPSA) is 17.1 Å². The number of Topliss-reactive ketones (excluding diaryl/α,β-unsaturated/α-hetero) is 1. The monoisotopic (exact) mass is 276 g/mol. The maximum absolute atomic E-state index is 11.7. The van der Waals surface area contributed by atoms with E-state index in [2.05, 4.69) is 0 Å². The lowest BCUT2D eigenvalue weighted by Gasteiger charge is -2.10. The zero-order valence-corrected chi connectivity index (χ0v) is 11.1. The van der Waals surface area contributed by atoms with Gasteiger partial charge in [0.05, 0.1) is 10.0 Å². The molecule has 0 spiro atoms. The van der Waals surface area contributed by atoms with Gasteiger partial charge in [0, 0.05) is 17.5 Å². The van der Waals surface area contributed by atoms with E-state index < -0.39 is 0 Å². The van der Waals surface area contributed by atoms with E-state index >= 15 is 0 Å². The van der Waals surface area contributed by atoms with Crippen LogP contribution in [0, 0.1) is 0 Å². The van der Waals surface area contributed by atoms with Gasteiger partial charge in [-0.2, -0.15) is 0 Å². The number of carbonyl (C=O) groups is 1. The molecule has 0 saturated carbocycles. The number of fused-ring (bicyclic) bond motifs is 1. The van der Waals surface area contributed by atoms with Crippen LogP contribution in [0.2, 0.25) is 10.0 Å². The molecular weight excluding hydrogens is 267 g/mol. The quantitative estimate of drug-likeness (QED) is 0.732. The Kier molecular flexibility index (Phi) is 2.89. The molecule has 90 valence electrons. The first-order valence-corrected chi connectivity index (χ1v) is 6.53. The summed E-state index contributed by atoms with van der Waals surface area (Å²) in [6.07, 6.45) is 1.37. The minimum Gasteiger partial charge on any atom is -0.294 e. The van der Waals surface area contributed by atoms with Crippen molar-refractivity contribution in [3.05, 3.63) is 57.6 Å². The van der Waals surface area contributed by atoms with Crippen LogP contribution in [0.1, 0.15) is 22.3 Å². The van der Waals surface area contributed by atoms with E-state index in [9.17, 15) is 4.79 Å². The van der Waals surface area contributed by atoms with Gasteiger partial charge in [-0.1, -0.05) is 53.5 Å². The Morgan fingerprint density at radius 3 is 2.33 bits per heavy atom. The summed E-state index contributed by atoms with van der Waals surface area (Å²) >= 11 is 12.3. The Hall–Kier alpha value is -1.31. The number of hydrogen-bond acceptors (Lipinski definition) is 1. The molecule has 0 atom stereocenters. The van der Waals surface area contributed by atoms with Crippen molar-refractivity contribution in [3.8, 4) is 11.1 Å². The van der Waals surface area contributed by atoms with Crippen LogP contribution < -0.4 is 0 Å². The van der Waals surface area contributed by atoms with Gasteiger partial charge in [-0.3, -0.25) is 4.79 Å². The number of hydrogen-bond donors (Lipinski definition) is 0. The fraction of sp³-hybridized carbons (Fsp3) is 0.133. The second kappa shape index (κ2) is 4.42. The van der Waals surface area contributed by atoms with Gasteiger partial charge in [-0.25, -0.2) is 0 Å². The molecule has 18 heavy (non-hydrogen) atoms. The van der Waals surface area contributed by atoms with Gasteiger partial charge >= 0.3 is 0 Å². The third kappa shape index (κ3) is 1.75. The smallest absolute Gasteiger partial charge is 0.163 e. The van der Waals surface area contributed by atoms with Crippen molar-refractivity contribution in [1.29, 1.82) is 0 Å². The summed E-state index contributed by atoms with van der Waals surface area (Å²) in [5, 5.41) is 1.09. The molecule has 0 fully saturated rings. The van der Waals surface area contributed by atoms with Crippen molar-refractivity contribution < 1.29 is 4.79 Å². The molecule has 2 aromatic carbocycles. The number of benzene rings is 2. The number of halogens is 2. The van der Waals surface area contributed by atoms with E-state index in [1.54, 1.807) is 6.07 Å². The molecule has 1 aliphatic rings. The van der Waals surface area contributed by atoms with Crippen molar-refractivity contribution in [1.82, 2.24) is 0 Å². The molecule has 0 radical (unpaired) electrons. The summed E-state index contributed by atoms with van der Waals surface area (Å²) in [6.45, 7) is 0. The SMILES string of the molecule is O=C1CCc2c1cccc2-c1cccc(Cl)c1Cl. The van der Waals surface area contributed by atoms with Crippen LogP contribution in [0.15, 0.2) is 36.4 Å². The summed E-state index contributed by atoms with van der Waals surface area (Å²) < 4.78 is 0.